The maximum Gasteiger partial charge on any atom is 0.416 e. The normalized spacial score (nSPS) is 15.6. The molecule has 10 heterocycles. The first-order valence-corrected chi connectivity index (χ1v) is 37.4. The molecule has 0 spiro atoms. The van der Waals surface area contributed by atoms with E-state index in [1.807, 2.05) is 79.2 Å². The van der Waals surface area contributed by atoms with E-state index in [1.54, 1.807) is 113 Å². The molecule has 12 aromatic rings. The quantitative estimate of drug-likeness (QED) is 0.0559. The predicted molar refractivity (Wildman–Crippen MR) is 420 cm³/mol. The van der Waals surface area contributed by atoms with Gasteiger partial charge in [-0.05, 0) is 183 Å². The van der Waals surface area contributed by atoms with Crippen molar-refractivity contribution in [3.05, 3.63) is 295 Å². The van der Waals surface area contributed by atoms with Crippen LogP contribution in [-0.4, -0.2) is 176 Å². The fraction of sp³-hybridized carbons (Fsp3) is 0.284. The summed E-state index contributed by atoms with van der Waals surface area (Å²) in [4.78, 5) is 70.2. The molecule has 2 N–H and O–H groups in total. The predicted octanol–water partition coefficient (Wildman–Crippen LogP) is 13.6. The summed E-state index contributed by atoms with van der Waals surface area (Å²) in [6.45, 7) is 9.73. The zero-order valence-corrected chi connectivity index (χ0v) is 64.0. The van der Waals surface area contributed by atoms with Crippen LogP contribution in [0.2, 0.25) is 0 Å². The van der Waals surface area contributed by atoms with Gasteiger partial charge in [-0.2, -0.15) is 44.6 Å². The molecule has 3 fully saturated rings. The Labute approximate surface area is 663 Å². The van der Waals surface area contributed by atoms with Gasteiger partial charge in [-0.1, -0.05) is 72.5 Å². The fourth-order valence-electron chi connectivity index (χ4n) is 13.9. The highest BCUT2D eigenvalue weighted by atomic mass is 19.4. The Morgan fingerprint density at radius 2 is 1.03 bits per heavy atom. The number of piperazine rings is 1. The number of amides is 1. The number of likely N-dealkylation sites (tertiary alicyclic amines) is 2. The largest absolute Gasteiger partial charge is 0.416 e. The van der Waals surface area contributed by atoms with E-state index in [0.717, 1.165) is 80.7 Å². The summed E-state index contributed by atoms with van der Waals surface area (Å²) < 4.78 is 131. The molecule has 0 bridgehead atoms. The average molecular weight is 1580 g/mol. The molecule has 0 radical (unpaired) electrons. The maximum absolute atomic E-state index is 14.0. The topological polar surface area (TPSA) is 190 Å². The molecule has 19 nitrogen and oxygen atoms in total. The Morgan fingerprint density at radius 3 is 1.64 bits per heavy atom. The number of nitrogens with zero attached hydrogens (tertiary/aromatic N) is 14. The molecule has 594 valence electrons. The Bertz CT molecular complexity index is 5830. The number of aliphatic hydroxyl groups is 1. The van der Waals surface area contributed by atoms with Crippen LogP contribution in [-0.2, 0) is 51.0 Å². The number of likely N-dealkylation sites (N-methyl/N-ethyl adjacent to an activating group) is 2. The number of β-amino-alcohol motifs (C(OH)–C–C–N with tert-alkyl or cyclic N) is 1. The average Bonchev–Trinajstić information content (AvgIpc) is 1.31. The van der Waals surface area contributed by atoms with Gasteiger partial charge in [-0.25, -0.2) is 24.5 Å². The van der Waals surface area contributed by atoms with Crippen LogP contribution in [0.5, 0.6) is 0 Å². The number of hydrogen-bond donors (Lipinski definition) is 2. The van der Waals surface area contributed by atoms with Gasteiger partial charge in [-0.3, -0.25) is 42.9 Å². The number of benzene rings is 5. The SMILES string of the molecule is Cc1ccc(C(=O)Cc2ccc(CN3CCN(C)CC3)c(C(F)(F)F)c2)cc1C#Cc1cnc2cccnn12.Cc1ccc(C(=O)Cc2ccc(CN3CC[C@@H](N(C)C)C3)c(C(F)(F)F)c2)cc1C#Cc1cnc2cnccn12.O=C(Nc1ccnc(C#Cc2cnc3ccccn23)c1)c1ccc(CN2CC[C@@H](O)C2)c(C(F)(F)F)c1. The standard InChI is InChI=1S/C31H30F3N5O.C30H28F3N5O.C27H22F3N5O2/c1-21-4-6-24(16-23(21)8-9-26-17-36-30-18-35-11-13-39(26)30)29(40)15-22-5-7-25(28(14-22)31(32,33)34)19-38-12-10-27(20-38)37(2)3;1-21-5-7-24(18-23(21)9-10-26-19-34-29-4-3-11-35-38(26)29)28(39)17-22-6-8-25(27(16-22)30(31,32)33)20-37-14-12-36(2)13-15-37;28-27(29,30)24-13-18(4-5-19(24)16-34-12-9-23(36)17-34)26(37)33-21-8-10-31-20(14-21)6-7-22-15-32-25-3-1-2-11-35(22)25/h4-7,11,13-14,16-18,27H,10,12,15,19-20H2,1-3H3;3-8,11,16,18-19H,12-15,17,20H2,1-2H3;1-5,8,10-11,13-15,23,36H,9,12,16-17H2,(H,31,33,37)/t27-;;23-/m1.1/s1. The van der Waals surface area contributed by atoms with Crippen molar-refractivity contribution in [1.82, 2.24) is 67.8 Å². The summed E-state index contributed by atoms with van der Waals surface area (Å²) in [5, 5.41) is 16.5. The first-order valence-electron chi connectivity index (χ1n) is 37.4. The monoisotopic (exact) mass is 1580 g/mol. The number of ketones is 2. The number of aryl methyl sites for hydroxylation is 2. The molecular formula is C88H80F9N15O4. The Hall–Kier alpha value is -12.2. The van der Waals surface area contributed by atoms with E-state index in [0.29, 0.717) is 98.7 Å². The van der Waals surface area contributed by atoms with Crippen molar-refractivity contribution in [3.63, 3.8) is 0 Å². The summed E-state index contributed by atoms with van der Waals surface area (Å²) in [7, 11) is 5.99. The highest BCUT2D eigenvalue weighted by molar-refractivity contribution is 6.04. The summed E-state index contributed by atoms with van der Waals surface area (Å²) in [6, 6.07) is 35.1. The van der Waals surface area contributed by atoms with Crippen LogP contribution < -0.4 is 5.32 Å². The zero-order valence-electron chi connectivity index (χ0n) is 64.0. The summed E-state index contributed by atoms with van der Waals surface area (Å²) in [6.07, 6.45) is 1.95. The van der Waals surface area contributed by atoms with Gasteiger partial charge in [0, 0.05) is 155 Å². The van der Waals surface area contributed by atoms with E-state index in [1.165, 1.54) is 36.5 Å². The molecule has 3 aliphatic heterocycles. The number of carbonyl (C=O) groups excluding carboxylic acids is 3. The van der Waals surface area contributed by atoms with E-state index in [2.05, 4.69) is 85.6 Å². The Morgan fingerprint density at radius 1 is 0.500 bits per heavy atom. The van der Waals surface area contributed by atoms with Gasteiger partial charge in [0.1, 0.15) is 28.4 Å². The van der Waals surface area contributed by atoms with Crippen molar-refractivity contribution in [2.24, 2.45) is 0 Å². The first kappa shape index (κ1) is 81.8. The number of carbonyl (C=O) groups is 3. The van der Waals surface area contributed by atoms with Gasteiger partial charge in [0.25, 0.3) is 5.91 Å². The Balaban J connectivity index is 0.000000151. The van der Waals surface area contributed by atoms with Gasteiger partial charge in [0.05, 0.1) is 47.6 Å². The summed E-state index contributed by atoms with van der Waals surface area (Å²) in [5.41, 5.74) is 7.55. The molecule has 116 heavy (non-hydrogen) atoms. The van der Waals surface area contributed by atoms with Crippen LogP contribution >= 0.6 is 0 Å². The number of fused-ring (bicyclic) bond motifs is 3. The van der Waals surface area contributed by atoms with Crippen LogP contribution in [0.25, 0.3) is 16.9 Å². The third kappa shape index (κ3) is 20.7. The van der Waals surface area contributed by atoms with Gasteiger partial charge < -0.3 is 20.2 Å². The Kier molecular flexibility index (Phi) is 25.2. The number of rotatable bonds is 15. The number of Topliss-reactive ketones (excluding diaryl/α,β-unsaturated/α-hetero) is 2. The van der Waals surface area contributed by atoms with Gasteiger partial charge >= 0.3 is 18.5 Å². The van der Waals surface area contributed by atoms with Crippen LogP contribution in [0.15, 0.2) is 189 Å². The number of imidazole rings is 3. The molecule has 0 unspecified atom stereocenters. The second-order valence-corrected chi connectivity index (χ2v) is 29.1. The van der Waals surface area contributed by atoms with Gasteiger partial charge in [0.2, 0.25) is 0 Å². The lowest BCUT2D eigenvalue weighted by Gasteiger charge is -2.33. The molecule has 1 amide bonds. The number of hydrogen-bond acceptors (Lipinski definition) is 15. The molecule has 5 aromatic carbocycles. The fourth-order valence-corrected chi connectivity index (χ4v) is 13.9. The molecule has 7 aromatic heterocycles. The molecule has 3 saturated heterocycles. The van der Waals surface area contributed by atoms with Crippen molar-refractivity contribution in [3.8, 4) is 35.5 Å². The minimum Gasteiger partial charge on any atom is -0.392 e. The number of nitrogens with one attached hydrogen (secondary N) is 1. The first-order chi connectivity index (χ1) is 55.5. The van der Waals surface area contributed by atoms with Crippen LogP contribution in [0.4, 0.5) is 45.2 Å². The number of anilines is 1. The lowest BCUT2D eigenvalue weighted by Crippen LogP contribution is -2.44. The van der Waals surface area contributed by atoms with Crippen LogP contribution in [0.3, 0.4) is 0 Å². The smallest absolute Gasteiger partial charge is 0.392 e. The molecular weight excluding hydrogens is 1500 g/mol. The van der Waals surface area contributed by atoms with E-state index in [4.69, 9.17) is 0 Å². The van der Waals surface area contributed by atoms with Crippen molar-refractivity contribution in [1.29, 1.82) is 0 Å². The number of aromatic nitrogens is 9. The second kappa shape index (κ2) is 35.7. The number of halogens is 9. The van der Waals surface area contributed by atoms with Crippen LogP contribution in [0, 0.1) is 49.4 Å². The summed E-state index contributed by atoms with van der Waals surface area (Å²) in [5.74, 6) is 17.0. The van der Waals surface area contributed by atoms with Gasteiger partial charge in [0.15, 0.2) is 22.9 Å². The minimum atomic E-state index is -4.62. The third-order valence-corrected chi connectivity index (χ3v) is 20.5. The highest BCUT2D eigenvalue weighted by Gasteiger charge is 2.38. The van der Waals surface area contributed by atoms with E-state index in [-0.39, 0.29) is 66.3 Å². The van der Waals surface area contributed by atoms with Crippen LogP contribution in [0.1, 0.15) is 133 Å². The lowest BCUT2D eigenvalue weighted by molar-refractivity contribution is -0.139. The molecule has 2 atom stereocenters. The number of pyridine rings is 2. The van der Waals surface area contributed by atoms with Crippen molar-refractivity contribution < 1.29 is 59.0 Å². The van der Waals surface area contributed by atoms with Gasteiger partial charge in [-0.15, -0.1) is 0 Å². The summed E-state index contributed by atoms with van der Waals surface area (Å²) >= 11 is 0. The molecule has 28 heteroatoms. The zero-order chi connectivity index (χ0) is 82.0. The van der Waals surface area contributed by atoms with Crippen molar-refractivity contribution in [2.45, 2.75) is 89.8 Å². The minimum absolute atomic E-state index is 0.0483. The molecule has 3 aliphatic rings. The lowest BCUT2D eigenvalue weighted by atomic mass is 9.96. The van der Waals surface area contributed by atoms with Crippen molar-refractivity contribution >= 4 is 40.1 Å². The molecule has 0 saturated carbocycles. The number of alkyl halides is 9. The van der Waals surface area contributed by atoms with Crippen molar-refractivity contribution in [2.75, 3.05) is 78.8 Å². The second-order valence-electron chi connectivity index (χ2n) is 29.1. The molecule has 0 aliphatic carbocycles. The number of aliphatic hydroxyl groups excluding tert-OH is 1. The van der Waals surface area contributed by atoms with E-state index in [9.17, 15) is 59.0 Å². The highest BCUT2D eigenvalue weighted by Crippen LogP contribution is 2.38. The maximum atomic E-state index is 14.0. The van der Waals surface area contributed by atoms with E-state index < -0.39 is 47.2 Å². The molecule has 15 rings (SSSR count). The third-order valence-electron chi connectivity index (χ3n) is 20.5. The van der Waals surface area contributed by atoms with E-state index >= 15 is 0 Å².